The van der Waals surface area contributed by atoms with Crippen molar-refractivity contribution >= 4 is 11.3 Å². The number of thiophene rings is 1. The highest BCUT2D eigenvalue weighted by molar-refractivity contribution is 7.08. The largest absolute Gasteiger partial charge is 0.501 e. The van der Waals surface area contributed by atoms with Crippen molar-refractivity contribution in [3.63, 3.8) is 0 Å². The molecule has 1 aromatic rings. The van der Waals surface area contributed by atoms with E-state index in [4.69, 9.17) is 4.74 Å². The maximum Gasteiger partial charge on any atom is 0.0876 e. The van der Waals surface area contributed by atoms with Crippen LogP contribution in [0.5, 0.6) is 0 Å². The van der Waals surface area contributed by atoms with Crippen LogP contribution in [0.1, 0.15) is 37.8 Å². The SMILES string of the molecule is CCCNC(C1=COCCC1)c1ccsc1. The van der Waals surface area contributed by atoms with Crippen molar-refractivity contribution < 1.29 is 4.74 Å². The third-order valence-electron chi connectivity index (χ3n) is 2.81. The van der Waals surface area contributed by atoms with Crippen molar-refractivity contribution in [3.8, 4) is 0 Å². The van der Waals surface area contributed by atoms with Gasteiger partial charge in [0.05, 0.1) is 18.9 Å². The van der Waals surface area contributed by atoms with Crippen molar-refractivity contribution in [1.29, 1.82) is 0 Å². The normalized spacial score (nSPS) is 17.7. The lowest BCUT2D eigenvalue weighted by Gasteiger charge is -2.23. The molecule has 1 N–H and O–H groups in total. The molecule has 0 amide bonds. The third kappa shape index (κ3) is 2.86. The molecule has 1 atom stereocenters. The maximum absolute atomic E-state index is 5.44. The van der Waals surface area contributed by atoms with Gasteiger partial charge in [-0.1, -0.05) is 6.92 Å². The standard InChI is InChI=1S/C13H19NOS/c1-2-6-14-13(12-5-8-16-10-12)11-4-3-7-15-9-11/h5,8-10,13-14H,2-4,6-7H2,1H3. The summed E-state index contributed by atoms with van der Waals surface area (Å²) in [6.07, 6.45) is 5.40. The van der Waals surface area contributed by atoms with Crippen molar-refractivity contribution in [3.05, 3.63) is 34.2 Å². The van der Waals surface area contributed by atoms with E-state index in [1.54, 1.807) is 11.3 Å². The average molecular weight is 237 g/mol. The van der Waals surface area contributed by atoms with Crippen LogP contribution in [-0.4, -0.2) is 13.2 Å². The molecule has 3 heteroatoms. The van der Waals surface area contributed by atoms with Gasteiger partial charge in [0, 0.05) is 0 Å². The van der Waals surface area contributed by atoms with Crippen molar-refractivity contribution in [1.82, 2.24) is 5.32 Å². The third-order valence-corrected chi connectivity index (χ3v) is 3.51. The summed E-state index contributed by atoms with van der Waals surface area (Å²) >= 11 is 1.76. The predicted octanol–water partition coefficient (Wildman–Crippen LogP) is 3.48. The molecule has 1 unspecified atom stereocenters. The molecule has 16 heavy (non-hydrogen) atoms. The summed E-state index contributed by atoms with van der Waals surface area (Å²) in [5.74, 6) is 0. The fourth-order valence-corrected chi connectivity index (χ4v) is 2.67. The fourth-order valence-electron chi connectivity index (χ4n) is 1.99. The summed E-state index contributed by atoms with van der Waals surface area (Å²) in [4.78, 5) is 0. The van der Waals surface area contributed by atoms with Gasteiger partial charge in [0.15, 0.2) is 0 Å². The van der Waals surface area contributed by atoms with E-state index in [-0.39, 0.29) is 0 Å². The molecule has 0 saturated heterocycles. The lowest BCUT2D eigenvalue weighted by atomic mass is 9.97. The summed E-state index contributed by atoms with van der Waals surface area (Å²) in [6, 6.07) is 2.56. The molecule has 0 radical (unpaired) electrons. The molecule has 1 aliphatic rings. The zero-order valence-electron chi connectivity index (χ0n) is 9.74. The fraction of sp³-hybridized carbons (Fsp3) is 0.538. The van der Waals surface area contributed by atoms with Gasteiger partial charge in [0.25, 0.3) is 0 Å². The molecule has 1 aliphatic heterocycles. The number of ether oxygens (including phenoxy) is 1. The van der Waals surface area contributed by atoms with Gasteiger partial charge in [-0.3, -0.25) is 0 Å². The first kappa shape index (κ1) is 11.7. The van der Waals surface area contributed by atoms with Gasteiger partial charge in [-0.15, -0.1) is 0 Å². The van der Waals surface area contributed by atoms with Gasteiger partial charge in [-0.2, -0.15) is 11.3 Å². The minimum absolute atomic E-state index is 0.353. The summed E-state index contributed by atoms with van der Waals surface area (Å²) < 4.78 is 5.44. The highest BCUT2D eigenvalue weighted by Crippen LogP contribution is 2.28. The number of hydrogen-bond acceptors (Lipinski definition) is 3. The van der Waals surface area contributed by atoms with Crippen molar-refractivity contribution in [2.75, 3.05) is 13.2 Å². The highest BCUT2D eigenvalue weighted by Gasteiger charge is 2.18. The monoisotopic (exact) mass is 237 g/mol. The Morgan fingerprint density at radius 2 is 2.50 bits per heavy atom. The Hall–Kier alpha value is -0.800. The molecular formula is C13H19NOS. The minimum Gasteiger partial charge on any atom is -0.501 e. The van der Waals surface area contributed by atoms with E-state index in [1.165, 1.54) is 11.1 Å². The van der Waals surface area contributed by atoms with E-state index in [0.717, 1.165) is 32.4 Å². The Labute approximate surface area is 101 Å². The van der Waals surface area contributed by atoms with Crippen LogP contribution in [0.4, 0.5) is 0 Å². The molecule has 0 bridgehead atoms. The second-order valence-electron chi connectivity index (χ2n) is 4.11. The Balaban J connectivity index is 2.10. The molecular weight excluding hydrogens is 218 g/mol. The first-order chi connectivity index (χ1) is 7.92. The highest BCUT2D eigenvalue weighted by atomic mass is 32.1. The predicted molar refractivity (Wildman–Crippen MR) is 68.6 cm³/mol. The van der Waals surface area contributed by atoms with Crippen LogP contribution < -0.4 is 5.32 Å². The van der Waals surface area contributed by atoms with Crippen molar-refractivity contribution in [2.24, 2.45) is 0 Å². The van der Waals surface area contributed by atoms with Gasteiger partial charge in [0.1, 0.15) is 0 Å². The molecule has 1 aromatic heterocycles. The molecule has 88 valence electrons. The smallest absolute Gasteiger partial charge is 0.0876 e. The van der Waals surface area contributed by atoms with Gasteiger partial charge < -0.3 is 10.1 Å². The van der Waals surface area contributed by atoms with E-state index in [0.29, 0.717) is 6.04 Å². The van der Waals surface area contributed by atoms with Crippen LogP contribution in [0.3, 0.4) is 0 Å². The molecule has 2 rings (SSSR count). The first-order valence-electron chi connectivity index (χ1n) is 5.98. The molecule has 2 nitrogen and oxygen atoms in total. The minimum atomic E-state index is 0.353. The van der Waals surface area contributed by atoms with Crippen LogP contribution in [0.25, 0.3) is 0 Å². The van der Waals surface area contributed by atoms with Crippen LogP contribution in [-0.2, 0) is 4.74 Å². The Morgan fingerprint density at radius 3 is 3.12 bits per heavy atom. The lowest BCUT2D eigenvalue weighted by molar-refractivity contribution is 0.219. The summed E-state index contributed by atoms with van der Waals surface area (Å²) in [6.45, 7) is 4.12. The van der Waals surface area contributed by atoms with E-state index in [9.17, 15) is 0 Å². The van der Waals surface area contributed by atoms with Gasteiger partial charge in [-0.05, 0) is 53.8 Å². The van der Waals surface area contributed by atoms with Gasteiger partial charge in [-0.25, -0.2) is 0 Å². The maximum atomic E-state index is 5.44. The molecule has 0 fully saturated rings. The molecule has 0 aliphatic carbocycles. The zero-order valence-corrected chi connectivity index (χ0v) is 10.6. The Morgan fingerprint density at radius 1 is 1.56 bits per heavy atom. The summed E-state index contributed by atoms with van der Waals surface area (Å²) in [5, 5.41) is 7.96. The van der Waals surface area contributed by atoms with Crippen LogP contribution in [0, 0.1) is 0 Å². The van der Waals surface area contributed by atoms with Gasteiger partial charge in [0.2, 0.25) is 0 Å². The lowest BCUT2D eigenvalue weighted by Crippen LogP contribution is -2.24. The van der Waals surface area contributed by atoms with Crippen molar-refractivity contribution in [2.45, 2.75) is 32.2 Å². The Kier molecular flexibility index (Phi) is 4.43. The second-order valence-corrected chi connectivity index (χ2v) is 4.89. The van der Waals surface area contributed by atoms with E-state index >= 15 is 0 Å². The van der Waals surface area contributed by atoms with Crippen LogP contribution in [0.2, 0.25) is 0 Å². The van der Waals surface area contributed by atoms with Gasteiger partial charge >= 0.3 is 0 Å². The number of rotatable bonds is 5. The number of hydrogen-bond donors (Lipinski definition) is 1. The second kappa shape index (κ2) is 6.06. The molecule has 0 saturated carbocycles. The zero-order chi connectivity index (χ0) is 11.2. The molecule has 0 aromatic carbocycles. The topological polar surface area (TPSA) is 21.3 Å². The van der Waals surface area contributed by atoms with E-state index in [2.05, 4.69) is 29.1 Å². The quantitative estimate of drug-likeness (QED) is 0.846. The molecule has 2 heterocycles. The van der Waals surface area contributed by atoms with Crippen LogP contribution in [0.15, 0.2) is 28.7 Å². The summed E-state index contributed by atoms with van der Waals surface area (Å²) in [5.41, 5.74) is 2.76. The number of nitrogens with one attached hydrogen (secondary N) is 1. The van der Waals surface area contributed by atoms with E-state index in [1.807, 2.05) is 6.26 Å². The molecule has 0 spiro atoms. The van der Waals surface area contributed by atoms with E-state index < -0.39 is 0 Å². The average Bonchev–Trinajstić information content (AvgIpc) is 2.85. The Bertz CT molecular complexity index is 332. The van der Waals surface area contributed by atoms with Crippen LogP contribution >= 0.6 is 11.3 Å². The first-order valence-corrected chi connectivity index (χ1v) is 6.92. The summed E-state index contributed by atoms with van der Waals surface area (Å²) in [7, 11) is 0.